The second-order valence-electron chi connectivity index (χ2n) is 8.75. The predicted octanol–water partition coefficient (Wildman–Crippen LogP) is 3.89. The van der Waals surface area contributed by atoms with Crippen LogP contribution in [0.3, 0.4) is 0 Å². The normalized spacial score (nSPS) is 26.1. The molecule has 3 aromatic rings. The summed E-state index contributed by atoms with van der Waals surface area (Å²) in [6.07, 6.45) is 3.35. The lowest BCUT2D eigenvalue weighted by molar-refractivity contribution is -0.0401. The number of ether oxygens (including phenoxy) is 2. The van der Waals surface area contributed by atoms with Crippen LogP contribution in [0.2, 0.25) is 0 Å². The van der Waals surface area contributed by atoms with Crippen molar-refractivity contribution in [2.24, 2.45) is 11.3 Å². The maximum Gasteiger partial charge on any atom is 0.328 e. The first-order valence-corrected chi connectivity index (χ1v) is 11.9. The minimum absolute atomic E-state index is 0.00559. The second kappa shape index (κ2) is 8.96. The number of rotatable bonds is 8. The molecule has 0 spiro atoms. The summed E-state index contributed by atoms with van der Waals surface area (Å²) in [5.74, 6) is 0.290. The van der Waals surface area contributed by atoms with Gasteiger partial charge in [0.25, 0.3) is 5.56 Å². The van der Waals surface area contributed by atoms with Crippen molar-refractivity contribution in [2.45, 2.75) is 38.2 Å². The molecule has 2 aromatic carbocycles. The van der Waals surface area contributed by atoms with Crippen molar-refractivity contribution in [1.29, 1.82) is 0 Å². The molecule has 5 rings (SSSR count). The highest BCUT2D eigenvalue weighted by Crippen LogP contribution is 2.68. The zero-order valence-corrected chi connectivity index (χ0v) is 19.7. The predicted molar refractivity (Wildman–Crippen MR) is 129 cm³/mol. The van der Waals surface area contributed by atoms with Crippen LogP contribution in [-0.2, 0) is 22.7 Å². The van der Waals surface area contributed by atoms with E-state index in [1.54, 1.807) is 10.8 Å². The van der Waals surface area contributed by atoms with Crippen LogP contribution < -0.4 is 11.2 Å². The Hall–Kier alpha value is -2.23. The van der Waals surface area contributed by atoms with Crippen molar-refractivity contribution in [2.75, 3.05) is 6.61 Å². The highest BCUT2D eigenvalue weighted by Gasteiger charge is 2.68. The van der Waals surface area contributed by atoms with E-state index < -0.39 is 0 Å². The molecule has 0 unspecified atom stereocenters. The molecule has 6 nitrogen and oxygen atoms in total. The molecular formula is C25H25IN2O4. The summed E-state index contributed by atoms with van der Waals surface area (Å²) in [6, 6.07) is 20.3. The average Bonchev–Trinajstić information content (AvgIpc) is 3.45. The highest BCUT2D eigenvalue weighted by molar-refractivity contribution is 14.1. The lowest BCUT2D eigenvalue weighted by Crippen LogP contribution is -2.34. The summed E-state index contributed by atoms with van der Waals surface area (Å²) in [5.41, 5.74) is 1.48. The highest BCUT2D eigenvalue weighted by atomic mass is 127. The molecule has 0 amide bonds. The van der Waals surface area contributed by atoms with Crippen LogP contribution in [0, 0.1) is 14.9 Å². The van der Waals surface area contributed by atoms with Gasteiger partial charge in [-0.05, 0) is 52.5 Å². The molecule has 32 heavy (non-hydrogen) atoms. The molecule has 2 aliphatic rings. The van der Waals surface area contributed by atoms with Crippen molar-refractivity contribution in [3.05, 3.63) is 102 Å². The van der Waals surface area contributed by atoms with E-state index in [1.165, 1.54) is 0 Å². The Morgan fingerprint density at radius 2 is 1.66 bits per heavy atom. The third-order valence-corrected chi connectivity index (χ3v) is 7.57. The molecule has 7 heteroatoms. The molecule has 0 saturated heterocycles. The summed E-state index contributed by atoms with van der Waals surface area (Å²) in [4.78, 5) is 26.9. The van der Waals surface area contributed by atoms with Crippen LogP contribution in [0.1, 0.15) is 30.0 Å². The van der Waals surface area contributed by atoms with Gasteiger partial charge in [0.05, 0.1) is 29.5 Å². The maximum absolute atomic E-state index is 12.6. The number of benzene rings is 2. The minimum atomic E-state index is -0.352. The number of nitrogens with one attached hydrogen (secondary N) is 1. The molecule has 1 heterocycles. The smallest absolute Gasteiger partial charge is 0.328 e. The van der Waals surface area contributed by atoms with Gasteiger partial charge in [0.2, 0.25) is 0 Å². The third kappa shape index (κ3) is 4.21. The maximum atomic E-state index is 12.6. The van der Waals surface area contributed by atoms with Crippen molar-refractivity contribution < 1.29 is 9.47 Å². The molecule has 0 bridgehead atoms. The van der Waals surface area contributed by atoms with Gasteiger partial charge in [0.15, 0.2) is 0 Å². The number of nitrogens with zero attached hydrogens (tertiary/aromatic N) is 1. The molecule has 4 atom stereocenters. The van der Waals surface area contributed by atoms with Crippen molar-refractivity contribution in [3.8, 4) is 0 Å². The van der Waals surface area contributed by atoms with E-state index in [9.17, 15) is 9.59 Å². The molecule has 0 aliphatic heterocycles. The fourth-order valence-electron chi connectivity index (χ4n) is 5.07. The van der Waals surface area contributed by atoms with Crippen LogP contribution >= 0.6 is 22.6 Å². The van der Waals surface area contributed by atoms with Gasteiger partial charge in [-0.3, -0.25) is 14.3 Å². The lowest BCUT2D eigenvalue weighted by Gasteiger charge is -2.24. The van der Waals surface area contributed by atoms with Gasteiger partial charge in [-0.15, -0.1) is 0 Å². The monoisotopic (exact) mass is 544 g/mol. The number of aromatic amines is 1. The second-order valence-corrected chi connectivity index (χ2v) is 9.92. The summed E-state index contributed by atoms with van der Waals surface area (Å²) in [6.45, 7) is 1.68. The molecule has 1 N–H and O–H groups in total. The Kier molecular flexibility index (Phi) is 6.05. The van der Waals surface area contributed by atoms with E-state index in [0.717, 1.165) is 24.0 Å². The topological polar surface area (TPSA) is 73.3 Å². The third-order valence-electron chi connectivity index (χ3n) is 6.80. The van der Waals surface area contributed by atoms with E-state index in [-0.39, 0.29) is 28.8 Å². The quantitative estimate of drug-likeness (QED) is 0.437. The molecule has 166 valence electrons. The van der Waals surface area contributed by atoms with Crippen LogP contribution in [0.25, 0.3) is 0 Å². The Morgan fingerprint density at radius 1 is 1.00 bits per heavy atom. The zero-order valence-electron chi connectivity index (χ0n) is 17.6. The van der Waals surface area contributed by atoms with Crippen molar-refractivity contribution in [3.63, 3.8) is 0 Å². The molecule has 2 saturated carbocycles. The van der Waals surface area contributed by atoms with Gasteiger partial charge in [0, 0.05) is 17.7 Å². The number of hydrogen-bond acceptors (Lipinski definition) is 4. The summed E-state index contributed by atoms with van der Waals surface area (Å²) in [7, 11) is 0. The average molecular weight is 544 g/mol. The zero-order chi connectivity index (χ0) is 22.1. The number of halogens is 1. The van der Waals surface area contributed by atoms with Crippen molar-refractivity contribution >= 4 is 22.6 Å². The Bertz CT molecular complexity index is 1190. The number of hydrogen-bond donors (Lipinski definition) is 1. The van der Waals surface area contributed by atoms with E-state index >= 15 is 0 Å². The summed E-state index contributed by atoms with van der Waals surface area (Å²) >= 11 is 1.98. The first-order chi connectivity index (χ1) is 15.6. The summed E-state index contributed by atoms with van der Waals surface area (Å²) in [5, 5.41) is 0. The van der Waals surface area contributed by atoms with Gasteiger partial charge in [-0.25, -0.2) is 4.79 Å². The Labute approximate surface area is 199 Å². The minimum Gasteiger partial charge on any atom is -0.376 e. The van der Waals surface area contributed by atoms with Gasteiger partial charge in [-0.2, -0.15) is 0 Å². The molecule has 0 radical (unpaired) electrons. The number of H-pyrrole nitrogens is 1. The first-order valence-electron chi connectivity index (χ1n) is 10.8. The van der Waals surface area contributed by atoms with E-state index in [4.69, 9.17) is 9.47 Å². The standard InChI is InChI=1S/C25H25IN2O4/c26-20-13-28(24(30)27-23(20)29)21-11-22(32-15-18-9-5-2-6-10-18)25(12-19(21)25)16-31-14-17-7-3-1-4-8-17/h1-10,13,19,21-22H,11-12,14-16H2,(H,27,29,30)/t19-,21+,22+,25-/m1/s1. The molecular weight excluding hydrogens is 519 g/mol. The Balaban J connectivity index is 1.35. The molecule has 1 aromatic heterocycles. The van der Waals surface area contributed by atoms with Crippen molar-refractivity contribution in [1.82, 2.24) is 9.55 Å². The molecule has 2 fully saturated rings. The molecule has 2 aliphatic carbocycles. The van der Waals surface area contributed by atoms with Gasteiger partial charge < -0.3 is 9.47 Å². The van der Waals surface area contributed by atoms with Gasteiger partial charge in [-0.1, -0.05) is 60.7 Å². The number of fused-ring (bicyclic) bond motifs is 1. The Morgan fingerprint density at radius 3 is 2.34 bits per heavy atom. The SMILES string of the molecule is O=c1[nH]c(=O)n([C@H]2C[C@H](OCc3ccccc3)[C@@]3(COCc4ccccc4)C[C@H]23)cc1I. The van der Waals surface area contributed by atoms with Crippen LogP contribution in [0.15, 0.2) is 76.4 Å². The van der Waals surface area contributed by atoms with Crippen LogP contribution in [0.5, 0.6) is 0 Å². The van der Waals surface area contributed by atoms with Gasteiger partial charge >= 0.3 is 5.69 Å². The van der Waals surface area contributed by atoms with E-state index in [1.807, 2.05) is 59.0 Å². The van der Waals surface area contributed by atoms with Crippen LogP contribution in [-0.4, -0.2) is 22.3 Å². The largest absolute Gasteiger partial charge is 0.376 e. The van der Waals surface area contributed by atoms with E-state index in [2.05, 4.69) is 29.2 Å². The number of aromatic nitrogens is 2. The lowest BCUT2D eigenvalue weighted by atomic mass is 10.0. The summed E-state index contributed by atoms with van der Waals surface area (Å²) < 4.78 is 14.8. The fourth-order valence-corrected chi connectivity index (χ4v) is 5.50. The first kappa shape index (κ1) is 21.6. The fraction of sp³-hybridized carbons (Fsp3) is 0.360. The van der Waals surface area contributed by atoms with E-state index in [0.29, 0.717) is 29.3 Å². The van der Waals surface area contributed by atoms with Gasteiger partial charge in [0.1, 0.15) is 0 Å². The van der Waals surface area contributed by atoms with Crippen LogP contribution in [0.4, 0.5) is 0 Å².